The predicted molar refractivity (Wildman–Crippen MR) is 70.5 cm³/mol. The minimum Gasteiger partial charge on any atom is -0.480 e. The van der Waals surface area contributed by atoms with Gasteiger partial charge < -0.3 is 21.3 Å². The second kappa shape index (κ2) is 7.45. The molecule has 6 nitrogen and oxygen atoms in total. The number of nitrogens with one attached hydrogen (secondary N) is 1. The van der Waals surface area contributed by atoms with Crippen molar-refractivity contribution in [3.63, 3.8) is 0 Å². The normalized spacial score (nSPS) is 20.3. The quantitative estimate of drug-likeness (QED) is 0.517. The largest absolute Gasteiger partial charge is 0.480 e. The van der Waals surface area contributed by atoms with E-state index in [9.17, 15) is 9.59 Å². The van der Waals surface area contributed by atoms with Crippen molar-refractivity contribution in [3.05, 3.63) is 0 Å². The van der Waals surface area contributed by atoms with E-state index in [0.29, 0.717) is 12.8 Å². The number of hydrogen-bond acceptors (Lipinski definition) is 4. The molecule has 0 spiro atoms. The number of nitrogens with two attached hydrogens (primary N) is 1. The first kappa shape index (κ1) is 15.9. The number of carbonyl (C=O) groups excluding carboxylic acids is 1. The minimum absolute atomic E-state index is 0.0156. The van der Waals surface area contributed by atoms with Gasteiger partial charge in [0.25, 0.3) is 0 Å². The molecule has 0 aliphatic heterocycles. The van der Waals surface area contributed by atoms with Crippen molar-refractivity contribution in [2.45, 2.75) is 51.0 Å². The number of aliphatic carboxylic acids is 1. The van der Waals surface area contributed by atoms with Crippen LogP contribution < -0.4 is 11.1 Å². The number of aliphatic hydroxyl groups is 1. The SMILES string of the molecule is NCC1(C(=O)N[C@H](CCO)C(=O)O)CCCCCC1. The van der Waals surface area contributed by atoms with Gasteiger partial charge >= 0.3 is 5.97 Å². The summed E-state index contributed by atoms with van der Waals surface area (Å²) in [5.74, 6) is -1.40. The summed E-state index contributed by atoms with van der Waals surface area (Å²) >= 11 is 0. The summed E-state index contributed by atoms with van der Waals surface area (Å²) in [7, 11) is 0. The Labute approximate surface area is 113 Å². The molecule has 1 saturated carbocycles. The van der Waals surface area contributed by atoms with Crippen LogP contribution in [0.1, 0.15) is 44.9 Å². The van der Waals surface area contributed by atoms with Crippen LogP contribution in [0.5, 0.6) is 0 Å². The van der Waals surface area contributed by atoms with E-state index >= 15 is 0 Å². The number of hydrogen-bond donors (Lipinski definition) is 4. The zero-order valence-corrected chi connectivity index (χ0v) is 11.2. The van der Waals surface area contributed by atoms with Crippen LogP contribution in [0, 0.1) is 5.41 Å². The van der Waals surface area contributed by atoms with Crippen LogP contribution >= 0.6 is 0 Å². The second-order valence-corrected chi connectivity index (χ2v) is 5.28. The van der Waals surface area contributed by atoms with E-state index < -0.39 is 17.4 Å². The molecule has 110 valence electrons. The van der Waals surface area contributed by atoms with E-state index in [1.54, 1.807) is 0 Å². The van der Waals surface area contributed by atoms with Crippen molar-refractivity contribution >= 4 is 11.9 Å². The molecule has 0 aromatic rings. The number of rotatable bonds is 6. The molecule has 1 amide bonds. The predicted octanol–water partition coefficient (Wildman–Crippen LogP) is 0.237. The molecule has 0 saturated heterocycles. The van der Waals surface area contributed by atoms with E-state index in [0.717, 1.165) is 25.7 Å². The molecule has 0 aromatic carbocycles. The number of carboxylic acid groups (broad SMARTS) is 1. The minimum atomic E-state index is -1.12. The monoisotopic (exact) mass is 272 g/mol. The van der Waals surface area contributed by atoms with Gasteiger partial charge in [0, 0.05) is 19.6 Å². The molecule has 0 bridgehead atoms. The van der Waals surface area contributed by atoms with Crippen molar-refractivity contribution in [2.24, 2.45) is 11.1 Å². The van der Waals surface area contributed by atoms with Gasteiger partial charge in [0.1, 0.15) is 6.04 Å². The van der Waals surface area contributed by atoms with Gasteiger partial charge in [-0.15, -0.1) is 0 Å². The highest BCUT2D eigenvalue weighted by Crippen LogP contribution is 2.34. The Bertz CT molecular complexity index is 312. The summed E-state index contributed by atoms with van der Waals surface area (Å²) in [6.07, 6.45) is 5.51. The fourth-order valence-electron chi connectivity index (χ4n) is 2.63. The maximum atomic E-state index is 12.4. The van der Waals surface area contributed by atoms with Crippen LogP contribution in [0.25, 0.3) is 0 Å². The number of carboxylic acids is 1. The lowest BCUT2D eigenvalue weighted by molar-refractivity contribution is -0.144. The zero-order chi connectivity index (χ0) is 14.3. The topological polar surface area (TPSA) is 113 Å². The second-order valence-electron chi connectivity index (χ2n) is 5.28. The van der Waals surface area contributed by atoms with E-state index in [1.165, 1.54) is 0 Å². The lowest BCUT2D eigenvalue weighted by Gasteiger charge is -2.31. The number of amides is 1. The van der Waals surface area contributed by atoms with Crippen LogP contribution in [0.3, 0.4) is 0 Å². The third-order valence-corrected chi connectivity index (χ3v) is 3.95. The maximum absolute atomic E-state index is 12.4. The Hall–Kier alpha value is -1.14. The first-order valence-corrected chi connectivity index (χ1v) is 6.90. The Morgan fingerprint density at radius 1 is 1.21 bits per heavy atom. The highest BCUT2D eigenvalue weighted by Gasteiger charge is 2.38. The van der Waals surface area contributed by atoms with Gasteiger partial charge in [-0.3, -0.25) is 4.79 Å². The highest BCUT2D eigenvalue weighted by atomic mass is 16.4. The zero-order valence-electron chi connectivity index (χ0n) is 11.2. The van der Waals surface area contributed by atoms with Gasteiger partial charge in [-0.1, -0.05) is 25.7 Å². The molecule has 0 aromatic heterocycles. The molecule has 0 heterocycles. The van der Waals surface area contributed by atoms with Gasteiger partial charge in [-0.25, -0.2) is 4.79 Å². The number of carbonyl (C=O) groups is 2. The van der Waals surface area contributed by atoms with Gasteiger partial charge in [0.05, 0.1) is 5.41 Å². The molecule has 1 rings (SSSR count). The first-order valence-electron chi connectivity index (χ1n) is 6.90. The average molecular weight is 272 g/mol. The van der Waals surface area contributed by atoms with Crippen LogP contribution in [-0.2, 0) is 9.59 Å². The smallest absolute Gasteiger partial charge is 0.326 e. The van der Waals surface area contributed by atoms with E-state index in [1.807, 2.05) is 0 Å². The van der Waals surface area contributed by atoms with Crippen LogP contribution in [0.15, 0.2) is 0 Å². The third kappa shape index (κ3) is 4.18. The van der Waals surface area contributed by atoms with E-state index in [-0.39, 0.29) is 25.5 Å². The van der Waals surface area contributed by atoms with Crippen molar-refractivity contribution < 1.29 is 19.8 Å². The van der Waals surface area contributed by atoms with Gasteiger partial charge in [0.15, 0.2) is 0 Å². The van der Waals surface area contributed by atoms with Crippen molar-refractivity contribution in [3.8, 4) is 0 Å². The van der Waals surface area contributed by atoms with Crippen molar-refractivity contribution in [1.82, 2.24) is 5.32 Å². The van der Waals surface area contributed by atoms with E-state index in [4.69, 9.17) is 15.9 Å². The summed E-state index contributed by atoms with van der Waals surface area (Å²) in [6.45, 7) is -0.0306. The summed E-state index contributed by atoms with van der Waals surface area (Å²) in [5, 5.41) is 20.4. The highest BCUT2D eigenvalue weighted by molar-refractivity contribution is 5.87. The van der Waals surface area contributed by atoms with Crippen LogP contribution in [0.2, 0.25) is 0 Å². The molecular formula is C13H24N2O4. The fourth-order valence-corrected chi connectivity index (χ4v) is 2.63. The standard InChI is InChI=1S/C13H24N2O4/c14-9-13(6-3-1-2-4-7-13)12(19)15-10(5-8-16)11(17)18/h10,16H,1-9,14H2,(H,15,19)(H,17,18)/t10-/m1/s1. The Kier molecular flexibility index (Phi) is 6.24. The van der Waals surface area contributed by atoms with Crippen LogP contribution in [0.4, 0.5) is 0 Å². The summed E-state index contributed by atoms with van der Waals surface area (Å²) in [6, 6.07) is -1.04. The molecule has 19 heavy (non-hydrogen) atoms. The van der Waals surface area contributed by atoms with E-state index in [2.05, 4.69) is 5.32 Å². The molecular weight excluding hydrogens is 248 g/mol. The molecule has 6 heteroatoms. The third-order valence-electron chi connectivity index (χ3n) is 3.95. The molecule has 1 atom stereocenters. The lowest BCUT2D eigenvalue weighted by Crippen LogP contribution is -2.51. The molecule has 0 radical (unpaired) electrons. The Morgan fingerprint density at radius 3 is 2.21 bits per heavy atom. The van der Waals surface area contributed by atoms with Crippen LogP contribution in [-0.4, -0.2) is 41.3 Å². The molecule has 5 N–H and O–H groups in total. The van der Waals surface area contributed by atoms with Crippen molar-refractivity contribution in [2.75, 3.05) is 13.2 Å². The summed E-state index contributed by atoms with van der Waals surface area (Å²) in [4.78, 5) is 23.4. The lowest BCUT2D eigenvalue weighted by atomic mass is 9.79. The summed E-state index contributed by atoms with van der Waals surface area (Å²) in [5.41, 5.74) is 5.14. The fraction of sp³-hybridized carbons (Fsp3) is 0.846. The molecule has 1 aliphatic rings. The molecule has 1 fully saturated rings. The first-order chi connectivity index (χ1) is 9.05. The number of aliphatic hydroxyl groups excluding tert-OH is 1. The van der Waals surface area contributed by atoms with Gasteiger partial charge in [-0.2, -0.15) is 0 Å². The maximum Gasteiger partial charge on any atom is 0.326 e. The van der Waals surface area contributed by atoms with Crippen molar-refractivity contribution in [1.29, 1.82) is 0 Å². The Balaban J connectivity index is 2.73. The van der Waals surface area contributed by atoms with Gasteiger partial charge in [0.2, 0.25) is 5.91 Å². The average Bonchev–Trinajstić information content (AvgIpc) is 2.64. The summed E-state index contributed by atoms with van der Waals surface area (Å²) < 4.78 is 0. The molecule has 0 unspecified atom stereocenters. The van der Waals surface area contributed by atoms with Gasteiger partial charge in [-0.05, 0) is 12.8 Å². The Morgan fingerprint density at radius 2 is 1.79 bits per heavy atom. The molecule has 1 aliphatic carbocycles.